The zero-order valence-corrected chi connectivity index (χ0v) is 12.8. The summed E-state index contributed by atoms with van der Waals surface area (Å²) in [5, 5.41) is 7.19. The second-order valence-corrected chi connectivity index (χ2v) is 5.62. The molecule has 0 aromatic carbocycles. The summed E-state index contributed by atoms with van der Waals surface area (Å²) in [5.41, 5.74) is 1.80. The fourth-order valence-electron chi connectivity index (χ4n) is 2.80. The number of nitrogens with one attached hydrogen (secondary N) is 1. The SMILES string of the molecule is CC(NC(=O)[C@H]1CCO[C@@H]1c1cnn(C)c1)c1ccccn1. The highest BCUT2D eigenvalue weighted by Gasteiger charge is 2.36. The molecule has 1 amide bonds. The monoisotopic (exact) mass is 300 g/mol. The van der Waals surface area contributed by atoms with E-state index in [1.807, 2.05) is 38.4 Å². The van der Waals surface area contributed by atoms with E-state index in [2.05, 4.69) is 15.4 Å². The second kappa shape index (κ2) is 6.27. The normalized spacial score (nSPS) is 22.5. The average molecular weight is 300 g/mol. The van der Waals surface area contributed by atoms with Crippen LogP contribution < -0.4 is 5.32 Å². The van der Waals surface area contributed by atoms with Gasteiger partial charge in [-0.25, -0.2) is 0 Å². The van der Waals surface area contributed by atoms with E-state index in [0.717, 1.165) is 17.7 Å². The van der Waals surface area contributed by atoms with E-state index in [1.165, 1.54) is 0 Å². The van der Waals surface area contributed by atoms with Gasteiger partial charge in [0.1, 0.15) is 0 Å². The number of aryl methyl sites for hydroxylation is 1. The van der Waals surface area contributed by atoms with Crippen LogP contribution in [0.15, 0.2) is 36.8 Å². The molecule has 116 valence electrons. The lowest BCUT2D eigenvalue weighted by Crippen LogP contribution is -2.34. The van der Waals surface area contributed by atoms with Gasteiger partial charge in [0.15, 0.2) is 0 Å². The minimum absolute atomic E-state index is 0.00417. The summed E-state index contributed by atoms with van der Waals surface area (Å²) in [6.07, 6.45) is 5.90. The Kier molecular flexibility index (Phi) is 4.20. The van der Waals surface area contributed by atoms with Crippen molar-refractivity contribution in [3.05, 3.63) is 48.0 Å². The van der Waals surface area contributed by atoms with E-state index in [4.69, 9.17) is 4.74 Å². The van der Waals surface area contributed by atoms with Crippen molar-refractivity contribution in [3.8, 4) is 0 Å². The van der Waals surface area contributed by atoms with Gasteiger partial charge in [0.05, 0.1) is 30.0 Å². The first-order chi connectivity index (χ1) is 10.6. The lowest BCUT2D eigenvalue weighted by molar-refractivity contribution is -0.127. The van der Waals surface area contributed by atoms with E-state index in [9.17, 15) is 4.79 Å². The molecule has 1 saturated heterocycles. The molecule has 1 aliphatic heterocycles. The van der Waals surface area contributed by atoms with Crippen LogP contribution in [0.2, 0.25) is 0 Å². The van der Waals surface area contributed by atoms with E-state index in [-0.39, 0.29) is 24.0 Å². The standard InChI is InChI=1S/C16H20N4O2/c1-11(14-5-3-4-7-17-14)19-16(21)13-6-8-22-15(13)12-9-18-20(2)10-12/h3-5,7,9-11,13,15H,6,8H2,1-2H3,(H,19,21)/t11?,13-,15+/m0/s1. The summed E-state index contributed by atoms with van der Waals surface area (Å²) in [6, 6.07) is 5.57. The molecule has 0 aliphatic carbocycles. The largest absolute Gasteiger partial charge is 0.373 e. The van der Waals surface area contributed by atoms with Gasteiger partial charge in [-0.15, -0.1) is 0 Å². The van der Waals surface area contributed by atoms with Gasteiger partial charge in [0.25, 0.3) is 0 Å². The van der Waals surface area contributed by atoms with Crippen LogP contribution in [0.1, 0.15) is 36.7 Å². The lowest BCUT2D eigenvalue weighted by atomic mass is 9.96. The number of carbonyl (C=O) groups excluding carboxylic acids is 1. The molecule has 0 bridgehead atoms. The second-order valence-electron chi connectivity index (χ2n) is 5.62. The van der Waals surface area contributed by atoms with Gasteiger partial charge in [0, 0.05) is 31.6 Å². The van der Waals surface area contributed by atoms with Crippen molar-refractivity contribution in [1.82, 2.24) is 20.1 Å². The van der Waals surface area contributed by atoms with Gasteiger partial charge in [0.2, 0.25) is 5.91 Å². The van der Waals surface area contributed by atoms with E-state index in [0.29, 0.717) is 6.61 Å². The van der Waals surface area contributed by atoms with Crippen molar-refractivity contribution >= 4 is 5.91 Å². The summed E-state index contributed by atoms with van der Waals surface area (Å²) < 4.78 is 7.47. The Morgan fingerprint density at radius 1 is 1.50 bits per heavy atom. The van der Waals surface area contributed by atoms with Gasteiger partial charge in [-0.3, -0.25) is 14.5 Å². The Morgan fingerprint density at radius 3 is 3.05 bits per heavy atom. The number of pyridine rings is 1. The summed E-state index contributed by atoms with van der Waals surface area (Å²) in [5.74, 6) is -0.181. The number of hydrogen-bond acceptors (Lipinski definition) is 4. The highest BCUT2D eigenvalue weighted by atomic mass is 16.5. The van der Waals surface area contributed by atoms with Gasteiger partial charge < -0.3 is 10.1 Å². The molecule has 3 rings (SSSR count). The summed E-state index contributed by atoms with van der Waals surface area (Å²) in [4.78, 5) is 16.9. The van der Waals surface area contributed by atoms with Crippen molar-refractivity contribution in [2.45, 2.75) is 25.5 Å². The summed E-state index contributed by atoms with van der Waals surface area (Å²) >= 11 is 0. The zero-order valence-electron chi connectivity index (χ0n) is 12.8. The minimum Gasteiger partial charge on any atom is -0.373 e. The number of rotatable bonds is 4. The molecule has 1 N–H and O–H groups in total. The van der Waals surface area contributed by atoms with Crippen LogP contribution in [0.25, 0.3) is 0 Å². The molecule has 0 radical (unpaired) electrons. The number of carbonyl (C=O) groups is 1. The van der Waals surface area contributed by atoms with E-state index >= 15 is 0 Å². The maximum absolute atomic E-state index is 12.6. The third kappa shape index (κ3) is 3.01. The maximum Gasteiger partial charge on any atom is 0.226 e. The summed E-state index contributed by atoms with van der Waals surface area (Å²) in [6.45, 7) is 2.53. The fourth-order valence-corrected chi connectivity index (χ4v) is 2.80. The Labute approximate surface area is 129 Å². The average Bonchev–Trinajstić information content (AvgIpc) is 3.16. The van der Waals surface area contributed by atoms with Crippen LogP contribution in [0.4, 0.5) is 0 Å². The molecule has 3 atom stereocenters. The molecule has 1 unspecified atom stereocenters. The number of amides is 1. The minimum atomic E-state index is -0.218. The highest BCUT2D eigenvalue weighted by Crippen LogP contribution is 2.34. The third-order valence-electron chi connectivity index (χ3n) is 3.97. The predicted molar refractivity (Wildman–Crippen MR) is 80.8 cm³/mol. The number of nitrogens with zero attached hydrogens (tertiary/aromatic N) is 3. The van der Waals surface area contributed by atoms with Crippen LogP contribution in [0.5, 0.6) is 0 Å². The van der Waals surface area contributed by atoms with Crippen molar-refractivity contribution in [2.24, 2.45) is 13.0 Å². The number of hydrogen-bond donors (Lipinski definition) is 1. The molecule has 0 saturated carbocycles. The fraction of sp³-hybridized carbons (Fsp3) is 0.438. The molecule has 1 aliphatic rings. The first-order valence-electron chi connectivity index (χ1n) is 7.46. The maximum atomic E-state index is 12.6. The van der Waals surface area contributed by atoms with Crippen molar-refractivity contribution in [3.63, 3.8) is 0 Å². The molecule has 22 heavy (non-hydrogen) atoms. The predicted octanol–water partition coefficient (Wildman–Crippen LogP) is 1.77. The van der Waals surface area contributed by atoms with E-state index < -0.39 is 0 Å². The molecule has 3 heterocycles. The van der Waals surface area contributed by atoms with Crippen LogP contribution in [0, 0.1) is 5.92 Å². The quantitative estimate of drug-likeness (QED) is 0.934. The van der Waals surface area contributed by atoms with Crippen molar-refractivity contribution in [2.75, 3.05) is 6.61 Å². The Balaban J connectivity index is 1.69. The van der Waals surface area contributed by atoms with Crippen LogP contribution in [0.3, 0.4) is 0 Å². The number of aromatic nitrogens is 3. The first-order valence-corrected chi connectivity index (χ1v) is 7.46. The zero-order chi connectivity index (χ0) is 15.5. The molecule has 2 aromatic rings. The Bertz CT molecular complexity index is 641. The Morgan fingerprint density at radius 2 is 2.36 bits per heavy atom. The highest BCUT2D eigenvalue weighted by molar-refractivity contribution is 5.80. The molecule has 0 spiro atoms. The molecule has 6 heteroatoms. The van der Waals surface area contributed by atoms with Gasteiger partial charge in [-0.05, 0) is 25.5 Å². The summed E-state index contributed by atoms with van der Waals surface area (Å²) in [7, 11) is 1.86. The molecular formula is C16H20N4O2. The van der Waals surface area contributed by atoms with Crippen molar-refractivity contribution < 1.29 is 9.53 Å². The van der Waals surface area contributed by atoms with Gasteiger partial charge in [-0.1, -0.05) is 6.07 Å². The van der Waals surface area contributed by atoms with Gasteiger partial charge in [-0.2, -0.15) is 5.10 Å². The van der Waals surface area contributed by atoms with Crippen LogP contribution in [-0.4, -0.2) is 27.3 Å². The van der Waals surface area contributed by atoms with Crippen molar-refractivity contribution in [1.29, 1.82) is 0 Å². The molecule has 2 aromatic heterocycles. The molecule has 6 nitrogen and oxygen atoms in total. The third-order valence-corrected chi connectivity index (χ3v) is 3.97. The Hall–Kier alpha value is -2.21. The smallest absolute Gasteiger partial charge is 0.226 e. The lowest BCUT2D eigenvalue weighted by Gasteiger charge is -2.20. The van der Waals surface area contributed by atoms with Crippen LogP contribution in [-0.2, 0) is 16.6 Å². The molecule has 1 fully saturated rings. The van der Waals surface area contributed by atoms with Crippen LogP contribution >= 0.6 is 0 Å². The van der Waals surface area contributed by atoms with E-state index in [1.54, 1.807) is 17.1 Å². The number of ether oxygens (including phenoxy) is 1. The first kappa shape index (κ1) is 14.7. The molecular weight excluding hydrogens is 280 g/mol. The topological polar surface area (TPSA) is 69.0 Å². The van der Waals surface area contributed by atoms with Gasteiger partial charge >= 0.3 is 0 Å².